The van der Waals surface area contributed by atoms with E-state index in [1.807, 2.05) is 0 Å². The molecule has 1 aromatic heterocycles. The molecular formula is C18H16N2O5S. The molecule has 1 fully saturated rings. The number of aliphatic hydroxyl groups is 2. The molecule has 3 N–H and O–H groups in total. The van der Waals surface area contributed by atoms with Gasteiger partial charge >= 0.3 is 5.97 Å². The average molecular weight is 372 g/mol. The van der Waals surface area contributed by atoms with Crippen molar-refractivity contribution < 1.29 is 24.5 Å². The van der Waals surface area contributed by atoms with Gasteiger partial charge in [0.25, 0.3) is 0 Å². The number of nitriles is 1. The number of aliphatic hydroxyl groups excluding tert-OH is 2. The highest BCUT2D eigenvalue weighted by Gasteiger charge is 2.36. The highest BCUT2D eigenvalue weighted by Crippen LogP contribution is 2.38. The maximum absolute atomic E-state index is 10.7. The van der Waals surface area contributed by atoms with Crippen LogP contribution in [-0.4, -0.2) is 44.5 Å². The first-order valence-electron chi connectivity index (χ1n) is 7.80. The van der Waals surface area contributed by atoms with Crippen molar-refractivity contribution in [2.45, 2.75) is 18.2 Å². The second-order valence-corrected chi connectivity index (χ2v) is 6.77. The largest absolute Gasteiger partial charge is 0.481 e. The highest BCUT2D eigenvalue weighted by atomic mass is 32.2. The van der Waals surface area contributed by atoms with Crippen molar-refractivity contribution in [1.82, 2.24) is 4.90 Å². The Morgan fingerprint density at radius 2 is 2.00 bits per heavy atom. The van der Waals surface area contributed by atoms with Gasteiger partial charge in [-0.05, 0) is 42.5 Å². The molecule has 0 radical (unpaired) electrons. The zero-order chi connectivity index (χ0) is 18.7. The van der Waals surface area contributed by atoms with Crippen LogP contribution < -0.4 is 0 Å². The van der Waals surface area contributed by atoms with Gasteiger partial charge in [-0.1, -0.05) is 11.8 Å². The minimum atomic E-state index is -1.09. The summed E-state index contributed by atoms with van der Waals surface area (Å²) in [6, 6.07) is 12.5. The minimum absolute atomic E-state index is 0.0383. The summed E-state index contributed by atoms with van der Waals surface area (Å²) in [7, 11) is 0. The molecule has 0 spiro atoms. The first-order chi connectivity index (χ1) is 12.5. The summed E-state index contributed by atoms with van der Waals surface area (Å²) in [5.74, 6) is 0.116. The van der Waals surface area contributed by atoms with Crippen LogP contribution in [0.3, 0.4) is 0 Å². The molecule has 2 atom stereocenters. The van der Waals surface area contributed by atoms with Crippen molar-refractivity contribution in [1.29, 1.82) is 5.26 Å². The Labute approximate surface area is 153 Å². The lowest BCUT2D eigenvalue weighted by atomic mass is 10.1. The van der Waals surface area contributed by atoms with Crippen LogP contribution in [0.2, 0.25) is 0 Å². The lowest BCUT2D eigenvalue weighted by Gasteiger charge is -2.21. The van der Waals surface area contributed by atoms with Crippen LogP contribution in [-0.2, 0) is 4.79 Å². The summed E-state index contributed by atoms with van der Waals surface area (Å²) in [4.78, 5) is 12.5. The maximum atomic E-state index is 10.7. The molecule has 1 aliphatic heterocycles. The van der Waals surface area contributed by atoms with Crippen LogP contribution in [0.25, 0.3) is 17.4 Å². The molecule has 2 aromatic rings. The summed E-state index contributed by atoms with van der Waals surface area (Å²) < 4.78 is 5.74. The molecule has 0 aliphatic carbocycles. The molecule has 1 aromatic carbocycles. The van der Waals surface area contributed by atoms with E-state index < -0.39 is 17.8 Å². The van der Waals surface area contributed by atoms with Crippen molar-refractivity contribution in [3.63, 3.8) is 0 Å². The quantitative estimate of drug-likeness (QED) is 0.732. The molecule has 3 rings (SSSR count). The zero-order valence-corrected chi connectivity index (χ0v) is 14.4. The van der Waals surface area contributed by atoms with Crippen molar-refractivity contribution in [3.8, 4) is 17.4 Å². The number of hydrogen-bond donors (Lipinski definition) is 3. The molecule has 0 amide bonds. The topological polar surface area (TPSA) is 118 Å². The van der Waals surface area contributed by atoms with Gasteiger partial charge < -0.3 is 19.7 Å². The van der Waals surface area contributed by atoms with Crippen LogP contribution in [0.15, 0.2) is 45.7 Å². The second-order valence-electron chi connectivity index (χ2n) is 5.64. The SMILES string of the molecule is N#Cc1ccc(-c2ccc(/C=C3\SC(O)N(CCC(=O)O)C3O)o2)cc1. The van der Waals surface area contributed by atoms with Gasteiger partial charge in [-0.15, -0.1) is 0 Å². The van der Waals surface area contributed by atoms with E-state index in [9.17, 15) is 15.0 Å². The number of nitrogens with zero attached hydrogens (tertiary/aromatic N) is 2. The van der Waals surface area contributed by atoms with Crippen LogP contribution in [0, 0.1) is 11.3 Å². The average Bonchev–Trinajstić information content (AvgIpc) is 3.19. The number of carboxylic acids is 1. The van der Waals surface area contributed by atoms with Gasteiger partial charge in [0, 0.05) is 17.0 Å². The van der Waals surface area contributed by atoms with Gasteiger partial charge in [0.2, 0.25) is 0 Å². The van der Waals surface area contributed by atoms with E-state index in [0.29, 0.717) is 22.0 Å². The highest BCUT2D eigenvalue weighted by molar-refractivity contribution is 8.03. The number of benzene rings is 1. The van der Waals surface area contributed by atoms with Gasteiger partial charge in [-0.25, -0.2) is 4.90 Å². The van der Waals surface area contributed by atoms with E-state index in [-0.39, 0.29) is 13.0 Å². The Bertz CT molecular complexity index is 868. The molecule has 7 nitrogen and oxygen atoms in total. The Morgan fingerprint density at radius 1 is 1.27 bits per heavy atom. The monoisotopic (exact) mass is 372 g/mol. The Hall–Kier alpha value is -2.57. The van der Waals surface area contributed by atoms with Gasteiger partial charge in [0.15, 0.2) is 5.56 Å². The molecule has 1 aliphatic rings. The van der Waals surface area contributed by atoms with Crippen LogP contribution in [0.4, 0.5) is 0 Å². The smallest absolute Gasteiger partial charge is 0.304 e. The second kappa shape index (κ2) is 7.76. The number of carbonyl (C=O) groups is 1. The minimum Gasteiger partial charge on any atom is -0.481 e. The molecule has 2 unspecified atom stereocenters. The molecule has 8 heteroatoms. The molecule has 2 heterocycles. The maximum Gasteiger partial charge on any atom is 0.304 e. The zero-order valence-electron chi connectivity index (χ0n) is 13.6. The Balaban J connectivity index is 1.75. The number of thioether (sulfide) groups is 1. The van der Waals surface area contributed by atoms with E-state index in [0.717, 1.165) is 17.3 Å². The third kappa shape index (κ3) is 3.98. The number of hydrogen-bond acceptors (Lipinski definition) is 7. The molecule has 0 bridgehead atoms. The third-order valence-electron chi connectivity index (χ3n) is 3.89. The van der Waals surface area contributed by atoms with Crippen LogP contribution in [0.5, 0.6) is 0 Å². The number of aliphatic carboxylic acids is 1. The summed E-state index contributed by atoms with van der Waals surface area (Å²) in [5.41, 5.74) is 0.364. The molecule has 134 valence electrons. The first-order valence-corrected chi connectivity index (χ1v) is 8.68. The number of furan rings is 1. The van der Waals surface area contributed by atoms with Crippen molar-refractivity contribution in [2.24, 2.45) is 0 Å². The Morgan fingerprint density at radius 3 is 2.65 bits per heavy atom. The number of rotatable bonds is 5. The lowest BCUT2D eigenvalue weighted by molar-refractivity contribution is -0.138. The van der Waals surface area contributed by atoms with Gasteiger partial charge in [0.1, 0.15) is 17.7 Å². The van der Waals surface area contributed by atoms with Crippen molar-refractivity contribution >= 4 is 23.8 Å². The van der Waals surface area contributed by atoms with E-state index in [4.69, 9.17) is 14.8 Å². The lowest BCUT2D eigenvalue weighted by Crippen LogP contribution is -2.37. The van der Waals surface area contributed by atoms with Crippen molar-refractivity contribution in [2.75, 3.05) is 6.54 Å². The summed E-state index contributed by atoms with van der Waals surface area (Å²) >= 11 is 1.04. The molecular weight excluding hydrogens is 356 g/mol. The van der Waals surface area contributed by atoms with E-state index in [1.165, 1.54) is 4.90 Å². The first kappa shape index (κ1) is 18.2. The summed E-state index contributed by atoms with van der Waals surface area (Å²) in [5, 5.41) is 37.9. The van der Waals surface area contributed by atoms with Crippen LogP contribution >= 0.6 is 11.8 Å². The Kier molecular flexibility index (Phi) is 5.44. The van der Waals surface area contributed by atoms with E-state index >= 15 is 0 Å². The normalized spacial score (nSPS) is 21.8. The van der Waals surface area contributed by atoms with E-state index in [1.54, 1.807) is 42.5 Å². The van der Waals surface area contributed by atoms with Crippen molar-refractivity contribution in [3.05, 3.63) is 52.6 Å². The van der Waals surface area contributed by atoms with Crippen LogP contribution in [0.1, 0.15) is 17.7 Å². The predicted octanol–water partition coefficient (Wildman–Crippen LogP) is 2.28. The molecule has 26 heavy (non-hydrogen) atoms. The fourth-order valence-electron chi connectivity index (χ4n) is 2.54. The number of carboxylic acid groups (broad SMARTS) is 1. The molecule has 0 saturated carbocycles. The predicted molar refractivity (Wildman–Crippen MR) is 95.4 cm³/mol. The standard InChI is InChI=1S/C18H16N2O5S/c19-10-11-1-3-12(4-2-11)14-6-5-13(25-14)9-15-17(23)20(18(24)26-15)8-7-16(21)22/h1-6,9,17-18,23-24H,7-8H2,(H,21,22)/b15-9-. The van der Waals surface area contributed by atoms with E-state index in [2.05, 4.69) is 6.07 Å². The fraction of sp³-hybridized carbons (Fsp3) is 0.222. The summed E-state index contributed by atoms with van der Waals surface area (Å²) in [6.07, 6.45) is 0.357. The summed E-state index contributed by atoms with van der Waals surface area (Å²) in [6.45, 7) is 0.0383. The van der Waals surface area contributed by atoms with Gasteiger partial charge in [0.05, 0.1) is 18.1 Å². The fourth-order valence-corrected chi connectivity index (χ4v) is 3.58. The molecule has 1 saturated heterocycles. The third-order valence-corrected chi connectivity index (χ3v) is 4.97. The van der Waals surface area contributed by atoms with Gasteiger partial charge in [-0.2, -0.15) is 5.26 Å². The van der Waals surface area contributed by atoms with Gasteiger partial charge in [-0.3, -0.25) is 4.79 Å².